The van der Waals surface area contributed by atoms with Crippen molar-refractivity contribution in [2.24, 2.45) is 0 Å². The van der Waals surface area contributed by atoms with Crippen LogP contribution in [0.2, 0.25) is 0 Å². The van der Waals surface area contributed by atoms with Gasteiger partial charge in [-0.3, -0.25) is 19.0 Å². The molecule has 208 valence electrons. The Kier molecular flexibility index (Phi) is 8.34. The van der Waals surface area contributed by atoms with Gasteiger partial charge in [0.1, 0.15) is 17.7 Å². The number of Topliss-reactive ketones (excluding diaryl/α,β-unsaturated/α-hetero) is 1. The van der Waals surface area contributed by atoms with Crippen molar-refractivity contribution in [2.75, 3.05) is 18.4 Å². The van der Waals surface area contributed by atoms with Gasteiger partial charge in [-0.25, -0.2) is 23.7 Å². The van der Waals surface area contributed by atoms with Crippen LogP contribution in [0.25, 0.3) is 10.9 Å². The van der Waals surface area contributed by atoms with Crippen molar-refractivity contribution in [3.8, 4) is 11.8 Å². The highest BCUT2D eigenvalue weighted by Gasteiger charge is 2.13. The molecule has 2 heterocycles. The number of nitrogens with zero attached hydrogens (tertiary/aromatic N) is 4. The smallest absolute Gasteiger partial charge is 0.266 e. The number of hydrogen-bond acceptors (Lipinski definition) is 7. The number of carbonyl (C=O) groups excluding carboxylic acids is 2. The van der Waals surface area contributed by atoms with Gasteiger partial charge in [0.2, 0.25) is 0 Å². The molecule has 0 bridgehead atoms. The number of benzene rings is 3. The average molecular weight is 565 g/mol. The first-order valence-electron chi connectivity index (χ1n) is 12.7. The molecular weight excluding hydrogens is 542 g/mol. The zero-order valence-electron chi connectivity index (χ0n) is 22.0. The van der Waals surface area contributed by atoms with E-state index >= 15 is 0 Å². The lowest BCUT2D eigenvalue weighted by Crippen LogP contribution is -2.33. The van der Waals surface area contributed by atoms with Crippen LogP contribution in [0.5, 0.6) is 0 Å². The number of amides is 1. The van der Waals surface area contributed by atoms with Crippen LogP contribution in [0.4, 0.5) is 14.6 Å². The first-order valence-corrected chi connectivity index (χ1v) is 12.7. The molecule has 1 amide bonds. The fourth-order valence-corrected chi connectivity index (χ4v) is 4.09. The summed E-state index contributed by atoms with van der Waals surface area (Å²) in [6, 6.07) is 17.5. The van der Waals surface area contributed by atoms with Gasteiger partial charge in [0, 0.05) is 22.7 Å². The first-order chi connectivity index (χ1) is 20.4. The monoisotopic (exact) mass is 564 g/mol. The second kappa shape index (κ2) is 12.6. The summed E-state index contributed by atoms with van der Waals surface area (Å²) in [5, 5.41) is 6.30. The van der Waals surface area contributed by atoms with Gasteiger partial charge >= 0.3 is 0 Å². The number of fused-ring (bicyclic) bond motifs is 1. The van der Waals surface area contributed by atoms with Crippen molar-refractivity contribution in [3.63, 3.8) is 0 Å². The summed E-state index contributed by atoms with van der Waals surface area (Å²) in [5.41, 5.74) is 1.36. The third kappa shape index (κ3) is 6.51. The summed E-state index contributed by atoms with van der Waals surface area (Å²) in [5.74, 6) is 3.48. The molecule has 0 unspecified atom stereocenters. The molecule has 5 rings (SSSR count). The molecule has 0 spiro atoms. The van der Waals surface area contributed by atoms with E-state index in [9.17, 15) is 23.2 Å². The van der Waals surface area contributed by atoms with Crippen LogP contribution in [0.15, 0.2) is 90.4 Å². The number of hydrogen-bond donors (Lipinski definition) is 2. The van der Waals surface area contributed by atoms with Gasteiger partial charge < -0.3 is 10.6 Å². The normalized spacial score (nSPS) is 10.5. The van der Waals surface area contributed by atoms with Crippen molar-refractivity contribution in [1.29, 1.82) is 0 Å². The minimum atomic E-state index is -1.04. The first kappa shape index (κ1) is 27.8. The minimum Gasteiger partial charge on any atom is -0.362 e. The molecule has 0 atom stereocenters. The van der Waals surface area contributed by atoms with E-state index in [0.29, 0.717) is 33.4 Å². The maximum atomic E-state index is 13.5. The molecule has 3 aromatic carbocycles. The van der Waals surface area contributed by atoms with Gasteiger partial charge in [-0.15, -0.1) is 0 Å². The molecule has 0 aliphatic heterocycles. The van der Waals surface area contributed by atoms with Crippen molar-refractivity contribution < 1.29 is 18.4 Å². The topological polar surface area (TPSA) is 119 Å². The second-order valence-corrected chi connectivity index (χ2v) is 9.07. The van der Waals surface area contributed by atoms with E-state index in [0.717, 1.165) is 22.9 Å². The van der Waals surface area contributed by atoms with Crippen LogP contribution in [-0.4, -0.2) is 44.3 Å². The Morgan fingerprint density at radius 3 is 2.60 bits per heavy atom. The minimum absolute atomic E-state index is 0.0505. The molecule has 42 heavy (non-hydrogen) atoms. The second-order valence-electron chi connectivity index (χ2n) is 9.07. The Hall–Kier alpha value is -5.76. The number of rotatable bonds is 8. The predicted molar refractivity (Wildman–Crippen MR) is 152 cm³/mol. The number of carbonyl (C=O) groups is 2. The Morgan fingerprint density at radius 1 is 0.952 bits per heavy atom. The van der Waals surface area contributed by atoms with Crippen molar-refractivity contribution >= 4 is 28.4 Å². The Bertz CT molecular complexity index is 1920. The lowest BCUT2D eigenvalue weighted by molar-refractivity contribution is 0.0955. The largest absolute Gasteiger partial charge is 0.362 e. The molecule has 0 aliphatic carbocycles. The fourth-order valence-electron chi connectivity index (χ4n) is 4.09. The van der Waals surface area contributed by atoms with E-state index < -0.39 is 23.1 Å². The fraction of sp³-hybridized carbons (Fsp3) is 0.0968. The highest BCUT2D eigenvalue weighted by atomic mass is 19.2. The maximum absolute atomic E-state index is 13.5. The molecule has 11 heteroatoms. The van der Waals surface area contributed by atoms with E-state index in [-0.39, 0.29) is 31.0 Å². The molecular formula is C31H22F2N6O3. The highest BCUT2D eigenvalue weighted by Crippen LogP contribution is 2.20. The number of aromatic nitrogens is 4. The summed E-state index contributed by atoms with van der Waals surface area (Å²) < 4.78 is 27.9. The zero-order valence-corrected chi connectivity index (χ0v) is 22.0. The van der Waals surface area contributed by atoms with Gasteiger partial charge in [0.25, 0.3) is 11.5 Å². The van der Waals surface area contributed by atoms with Crippen LogP contribution >= 0.6 is 0 Å². The van der Waals surface area contributed by atoms with Crippen molar-refractivity contribution in [2.45, 2.75) is 6.54 Å². The molecule has 0 fully saturated rings. The third-order valence-corrected chi connectivity index (χ3v) is 6.20. The van der Waals surface area contributed by atoms with Gasteiger partial charge in [-0.2, -0.15) is 0 Å². The summed E-state index contributed by atoms with van der Waals surface area (Å²) in [7, 11) is 0. The maximum Gasteiger partial charge on any atom is 0.266 e. The summed E-state index contributed by atoms with van der Waals surface area (Å²) in [6.45, 7) is -0.0991. The molecule has 9 nitrogen and oxygen atoms in total. The molecule has 0 aliphatic rings. The number of halogens is 2. The summed E-state index contributed by atoms with van der Waals surface area (Å²) in [6.07, 6.45) is 3.75. The van der Waals surface area contributed by atoms with E-state index in [2.05, 4.69) is 37.4 Å². The van der Waals surface area contributed by atoms with Gasteiger partial charge in [-0.1, -0.05) is 48.2 Å². The van der Waals surface area contributed by atoms with E-state index in [4.69, 9.17) is 0 Å². The summed E-state index contributed by atoms with van der Waals surface area (Å²) in [4.78, 5) is 50.3. The molecule has 2 N–H and O–H groups in total. The SMILES string of the molecule is O=C(CNc1ncnc2ccc(C#CCNC(=O)c3cncn(Cc4ccc(F)c(F)c4)c3=O)cc12)c1ccccc1. The Labute approximate surface area is 238 Å². The Morgan fingerprint density at radius 2 is 1.79 bits per heavy atom. The Balaban J connectivity index is 1.24. The van der Waals surface area contributed by atoms with Crippen molar-refractivity contribution in [1.82, 2.24) is 24.8 Å². The summed E-state index contributed by atoms with van der Waals surface area (Å²) >= 11 is 0. The average Bonchev–Trinajstić information content (AvgIpc) is 3.01. The van der Waals surface area contributed by atoms with Crippen LogP contribution < -0.4 is 16.2 Å². The van der Waals surface area contributed by atoms with Crippen LogP contribution in [0.1, 0.15) is 31.8 Å². The number of nitrogens with one attached hydrogen (secondary N) is 2. The molecule has 0 saturated carbocycles. The van der Waals surface area contributed by atoms with Crippen LogP contribution in [0, 0.1) is 23.5 Å². The zero-order chi connectivity index (χ0) is 29.5. The molecule has 5 aromatic rings. The van der Waals surface area contributed by atoms with E-state index in [1.54, 1.807) is 42.5 Å². The quantitative estimate of drug-likeness (QED) is 0.218. The lowest BCUT2D eigenvalue weighted by atomic mass is 10.1. The highest BCUT2D eigenvalue weighted by molar-refractivity contribution is 6.00. The van der Waals surface area contributed by atoms with Crippen molar-refractivity contribution in [3.05, 3.63) is 130 Å². The standard InChI is InChI=1S/C31H22F2N6O3/c32-25-10-8-21(14-26(25)33)17-39-19-34-15-24(31(39)42)30(41)35-12-4-5-20-9-11-27-23(13-20)29(38-18-37-27)36-16-28(40)22-6-2-1-3-7-22/h1-3,6-11,13-15,18-19H,12,16-17H2,(H,35,41)(H,36,37,38). The lowest BCUT2D eigenvalue weighted by Gasteiger charge is -2.08. The van der Waals surface area contributed by atoms with E-state index in [1.165, 1.54) is 18.7 Å². The van der Waals surface area contributed by atoms with E-state index in [1.807, 2.05) is 6.07 Å². The predicted octanol–water partition coefficient (Wildman–Crippen LogP) is 3.59. The van der Waals surface area contributed by atoms with Crippen LogP contribution in [-0.2, 0) is 6.54 Å². The third-order valence-electron chi connectivity index (χ3n) is 6.20. The molecule has 0 saturated heterocycles. The molecule has 2 aromatic heterocycles. The van der Waals surface area contributed by atoms with Gasteiger partial charge in [0.05, 0.1) is 31.5 Å². The number of ketones is 1. The molecule has 0 radical (unpaired) electrons. The van der Waals surface area contributed by atoms with Gasteiger partial charge in [-0.05, 0) is 35.9 Å². The van der Waals surface area contributed by atoms with Gasteiger partial charge in [0.15, 0.2) is 17.4 Å². The van der Waals surface area contributed by atoms with Crippen LogP contribution in [0.3, 0.4) is 0 Å². The number of anilines is 1.